The molecule has 0 spiro atoms. The SMILES string of the molecule is COc1cccc(C(=O)NC(=O)c2cc(C)nc([N+](=O)[O-])c2)c1OC. The Kier molecular flexibility index (Phi) is 5.28. The summed E-state index contributed by atoms with van der Waals surface area (Å²) in [6, 6.07) is 6.98. The van der Waals surface area contributed by atoms with Gasteiger partial charge in [-0.15, -0.1) is 0 Å². The number of pyridine rings is 1. The van der Waals surface area contributed by atoms with Crippen molar-refractivity contribution in [2.24, 2.45) is 0 Å². The van der Waals surface area contributed by atoms with Crippen molar-refractivity contribution in [1.29, 1.82) is 0 Å². The predicted molar refractivity (Wildman–Crippen MR) is 87.0 cm³/mol. The van der Waals surface area contributed by atoms with Crippen LogP contribution in [0, 0.1) is 17.0 Å². The molecule has 1 aromatic heterocycles. The Morgan fingerprint density at radius 1 is 1.16 bits per heavy atom. The number of para-hydroxylation sites is 1. The number of nitro groups is 1. The van der Waals surface area contributed by atoms with Gasteiger partial charge in [0.05, 0.1) is 25.3 Å². The van der Waals surface area contributed by atoms with E-state index < -0.39 is 22.6 Å². The smallest absolute Gasteiger partial charge is 0.364 e. The van der Waals surface area contributed by atoms with Crippen LogP contribution in [0.15, 0.2) is 30.3 Å². The number of amides is 2. The van der Waals surface area contributed by atoms with Crippen molar-refractivity contribution in [2.75, 3.05) is 14.2 Å². The number of carbonyl (C=O) groups excluding carboxylic acids is 2. The molecule has 0 aliphatic rings. The number of nitrogens with one attached hydrogen (secondary N) is 1. The lowest BCUT2D eigenvalue weighted by molar-refractivity contribution is -0.389. The van der Waals surface area contributed by atoms with E-state index in [1.807, 2.05) is 0 Å². The average Bonchev–Trinajstić information content (AvgIpc) is 2.60. The van der Waals surface area contributed by atoms with E-state index in [2.05, 4.69) is 10.3 Å². The Morgan fingerprint density at radius 2 is 1.88 bits per heavy atom. The third-order valence-corrected chi connectivity index (χ3v) is 3.26. The molecule has 0 unspecified atom stereocenters. The van der Waals surface area contributed by atoms with E-state index in [4.69, 9.17) is 9.47 Å². The van der Waals surface area contributed by atoms with E-state index in [0.717, 1.165) is 6.07 Å². The summed E-state index contributed by atoms with van der Waals surface area (Å²) in [6.45, 7) is 1.51. The molecule has 0 aliphatic heterocycles. The fraction of sp³-hybridized carbons (Fsp3) is 0.188. The van der Waals surface area contributed by atoms with Crippen LogP contribution in [0.25, 0.3) is 0 Å². The first kappa shape index (κ1) is 17.9. The molecule has 1 N–H and O–H groups in total. The first-order valence-electron chi connectivity index (χ1n) is 7.07. The van der Waals surface area contributed by atoms with Crippen molar-refractivity contribution in [3.8, 4) is 11.5 Å². The molecule has 0 aliphatic carbocycles. The van der Waals surface area contributed by atoms with Gasteiger partial charge in [-0.3, -0.25) is 14.9 Å². The Labute approximate surface area is 142 Å². The lowest BCUT2D eigenvalue weighted by Gasteiger charge is -2.12. The second-order valence-corrected chi connectivity index (χ2v) is 4.94. The van der Waals surface area contributed by atoms with Crippen LogP contribution in [0.4, 0.5) is 5.82 Å². The monoisotopic (exact) mass is 345 g/mol. The number of imide groups is 1. The minimum atomic E-state index is -0.788. The third-order valence-electron chi connectivity index (χ3n) is 3.26. The number of benzene rings is 1. The normalized spacial score (nSPS) is 10.0. The molecule has 0 saturated carbocycles. The molecule has 9 heteroatoms. The van der Waals surface area contributed by atoms with Crippen LogP contribution in [0.3, 0.4) is 0 Å². The summed E-state index contributed by atoms with van der Waals surface area (Å²) in [5, 5.41) is 13.0. The Balaban J connectivity index is 2.30. The fourth-order valence-corrected chi connectivity index (χ4v) is 2.18. The first-order chi connectivity index (χ1) is 11.9. The number of nitrogens with zero attached hydrogens (tertiary/aromatic N) is 2. The van der Waals surface area contributed by atoms with E-state index in [9.17, 15) is 19.7 Å². The van der Waals surface area contributed by atoms with Gasteiger partial charge in [0.25, 0.3) is 11.8 Å². The summed E-state index contributed by atoms with van der Waals surface area (Å²) >= 11 is 0. The first-order valence-corrected chi connectivity index (χ1v) is 7.07. The number of carbonyl (C=O) groups is 2. The Morgan fingerprint density at radius 3 is 2.48 bits per heavy atom. The number of methoxy groups -OCH3 is 2. The summed E-state index contributed by atoms with van der Waals surface area (Å²) in [5.41, 5.74) is 0.329. The molecule has 1 aromatic carbocycles. The van der Waals surface area contributed by atoms with Crippen molar-refractivity contribution < 1.29 is 24.0 Å². The summed E-state index contributed by atoms with van der Waals surface area (Å²) in [6.07, 6.45) is 0. The van der Waals surface area contributed by atoms with Gasteiger partial charge in [0.2, 0.25) is 0 Å². The van der Waals surface area contributed by atoms with E-state index in [-0.39, 0.29) is 22.6 Å². The Hall–Kier alpha value is -3.49. The summed E-state index contributed by atoms with van der Waals surface area (Å²) in [5.74, 6) is -1.48. The van der Waals surface area contributed by atoms with Gasteiger partial charge < -0.3 is 19.6 Å². The van der Waals surface area contributed by atoms with Crippen LogP contribution in [-0.2, 0) is 0 Å². The molecule has 0 saturated heterocycles. The Bertz CT molecular complexity index is 850. The van der Waals surface area contributed by atoms with Crippen molar-refractivity contribution >= 4 is 17.6 Å². The zero-order chi connectivity index (χ0) is 18.6. The molecular weight excluding hydrogens is 330 g/mol. The van der Waals surface area contributed by atoms with Gasteiger partial charge in [-0.05, 0) is 28.1 Å². The standard InChI is InChI=1S/C16H15N3O6/c1-9-7-10(8-13(17-9)19(22)23)15(20)18-16(21)11-5-4-6-12(24-2)14(11)25-3/h4-8H,1-3H3,(H,18,20,21). The number of rotatable bonds is 5. The van der Waals surface area contributed by atoms with Crippen molar-refractivity contribution in [3.05, 3.63) is 57.3 Å². The van der Waals surface area contributed by atoms with Crippen LogP contribution in [0.2, 0.25) is 0 Å². The van der Waals surface area contributed by atoms with Gasteiger partial charge in [0.1, 0.15) is 0 Å². The zero-order valence-electron chi connectivity index (χ0n) is 13.7. The quantitative estimate of drug-likeness (QED) is 0.499. The third kappa shape index (κ3) is 3.89. The lowest BCUT2D eigenvalue weighted by Crippen LogP contribution is -2.31. The van der Waals surface area contributed by atoms with Gasteiger partial charge in [-0.1, -0.05) is 6.07 Å². The minimum absolute atomic E-state index is 0.0468. The van der Waals surface area contributed by atoms with Crippen molar-refractivity contribution in [3.63, 3.8) is 0 Å². The van der Waals surface area contributed by atoms with Gasteiger partial charge >= 0.3 is 5.82 Å². The zero-order valence-corrected chi connectivity index (χ0v) is 13.7. The molecule has 1 heterocycles. The van der Waals surface area contributed by atoms with E-state index in [0.29, 0.717) is 5.75 Å². The summed E-state index contributed by atoms with van der Waals surface area (Å²) < 4.78 is 10.3. The summed E-state index contributed by atoms with van der Waals surface area (Å²) in [4.78, 5) is 38.4. The van der Waals surface area contributed by atoms with Crippen molar-refractivity contribution in [2.45, 2.75) is 6.92 Å². The fourth-order valence-electron chi connectivity index (χ4n) is 2.18. The molecule has 130 valence electrons. The molecule has 0 fully saturated rings. The molecule has 0 radical (unpaired) electrons. The highest BCUT2D eigenvalue weighted by Crippen LogP contribution is 2.30. The highest BCUT2D eigenvalue weighted by Gasteiger charge is 2.21. The molecule has 25 heavy (non-hydrogen) atoms. The van der Waals surface area contributed by atoms with Gasteiger partial charge in [0.15, 0.2) is 17.2 Å². The number of aromatic nitrogens is 1. The molecule has 2 amide bonds. The number of hydrogen-bond donors (Lipinski definition) is 1. The van der Waals surface area contributed by atoms with E-state index in [1.54, 1.807) is 12.1 Å². The highest BCUT2D eigenvalue weighted by molar-refractivity contribution is 6.11. The van der Waals surface area contributed by atoms with Crippen LogP contribution >= 0.6 is 0 Å². The second kappa shape index (κ2) is 7.39. The van der Waals surface area contributed by atoms with Gasteiger partial charge in [-0.2, -0.15) is 0 Å². The topological polar surface area (TPSA) is 121 Å². The summed E-state index contributed by atoms with van der Waals surface area (Å²) in [7, 11) is 2.79. The second-order valence-electron chi connectivity index (χ2n) is 4.94. The number of aryl methyl sites for hydroxylation is 1. The van der Waals surface area contributed by atoms with Crippen LogP contribution < -0.4 is 14.8 Å². The van der Waals surface area contributed by atoms with Crippen molar-refractivity contribution in [1.82, 2.24) is 10.3 Å². The molecule has 2 rings (SSSR count). The van der Waals surface area contributed by atoms with E-state index >= 15 is 0 Å². The lowest BCUT2D eigenvalue weighted by atomic mass is 10.1. The minimum Gasteiger partial charge on any atom is -0.493 e. The molecular formula is C16H15N3O6. The molecule has 0 atom stereocenters. The van der Waals surface area contributed by atoms with Crippen LogP contribution in [0.5, 0.6) is 11.5 Å². The van der Waals surface area contributed by atoms with Gasteiger partial charge in [0, 0.05) is 13.0 Å². The van der Waals surface area contributed by atoms with Gasteiger partial charge in [-0.25, -0.2) is 0 Å². The maximum Gasteiger partial charge on any atom is 0.364 e. The maximum absolute atomic E-state index is 12.4. The largest absolute Gasteiger partial charge is 0.493 e. The predicted octanol–water partition coefficient (Wildman–Crippen LogP) is 1.89. The van der Waals surface area contributed by atoms with Crippen LogP contribution in [0.1, 0.15) is 26.4 Å². The molecule has 0 bridgehead atoms. The molecule has 9 nitrogen and oxygen atoms in total. The van der Waals surface area contributed by atoms with Crippen LogP contribution in [-0.4, -0.2) is 35.9 Å². The molecule has 2 aromatic rings. The van der Waals surface area contributed by atoms with E-state index in [1.165, 1.54) is 33.3 Å². The maximum atomic E-state index is 12.4. The highest BCUT2D eigenvalue weighted by atomic mass is 16.6. The average molecular weight is 345 g/mol. The number of ether oxygens (including phenoxy) is 2. The number of hydrogen-bond acceptors (Lipinski definition) is 7.